The molecule has 0 heterocycles. The van der Waals surface area contributed by atoms with Crippen molar-refractivity contribution in [1.29, 1.82) is 0 Å². The van der Waals surface area contributed by atoms with Crippen molar-refractivity contribution in [3.63, 3.8) is 0 Å². The maximum absolute atomic E-state index is 10.3. The van der Waals surface area contributed by atoms with Crippen molar-refractivity contribution in [1.82, 2.24) is 0 Å². The second kappa shape index (κ2) is 10.8. The zero-order valence-electron chi connectivity index (χ0n) is 10.2. The van der Waals surface area contributed by atoms with Crippen molar-refractivity contribution in [2.24, 2.45) is 0 Å². The molecule has 0 saturated heterocycles. The molecule has 0 aliphatic heterocycles. The summed E-state index contributed by atoms with van der Waals surface area (Å²) >= 11 is 0. The molecule has 0 aromatic carbocycles. The van der Waals surface area contributed by atoms with Crippen LogP contribution in [0.5, 0.6) is 0 Å². The summed E-state index contributed by atoms with van der Waals surface area (Å²) in [6, 6.07) is 0.503. The monoisotopic (exact) mass is 283 g/mol. The van der Waals surface area contributed by atoms with E-state index in [0.717, 1.165) is 0 Å². The Hall–Kier alpha value is -0.286. The van der Waals surface area contributed by atoms with E-state index in [-0.39, 0.29) is 22.4 Å². The average molecular weight is 283 g/mol. The lowest BCUT2D eigenvalue weighted by molar-refractivity contribution is -0.479. The Morgan fingerprint density at radius 3 is 1.76 bits per heavy atom. The predicted molar refractivity (Wildman–Crippen MR) is 73.3 cm³/mol. The maximum Gasteiger partial charge on any atom is 0.501 e. The average Bonchev–Trinajstić information content (AvgIpc) is 2.18. The molecule has 0 fully saturated rings. The minimum Gasteiger partial charge on any atom is -0.374 e. The van der Waals surface area contributed by atoms with Crippen LogP contribution in [0.25, 0.3) is 0 Å². The molecule has 6 nitrogen and oxygen atoms in total. The highest BCUT2D eigenvalue weighted by atomic mass is 28.4. The molecule has 0 aromatic rings. The van der Waals surface area contributed by atoms with Gasteiger partial charge in [0.1, 0.15) is 0 Å². The molecule has 8 heteroatoms. The normalized spacial score (nSPS) is 11.0. The van der Waals surface area contributed by atoms with E-state index in [4.69, 9.17) is 13.3 Å². The van der Waals surface area contributed by atoms with Crippen molar-refractivity contribution < 1.29 is 18.2 Å². The Morgan fingerprint density at radius 2 is 1.47 bits per heavy atom. The van der Waals surface area contributed by atoms with Gasteiger partial charge in [0.2, 0.25) is 6.54 Å². The fourth-order valence-electron chi connectivity index (χ4n) is 1.43. The van der Waals surface area contributed by atoms with E-state index >= 15 is 0 Å². The fourth-order valence-corrected chi connectivity index (χ4v) is 4.02. The van der Waals surface area contributed by atoms with Gasteiger partial charge < -0.3 is 13.3 Å². The van der Waals surface area contributed by atoms with Gasteiger partial charge in [-0.05, 0) is 31.7 Å². The molecular weight excluding hydrogens is 258 g/mol. The molecule has 104 valence electrons. The van der Waals surface area contributed by atoms with Gasteiger partial charge in [0.05, 0.1) is 0 Å². The summed E-state index contributed by atoms with van der Waals surface area (Å²) in [4.78, 5) is 9.93. The van der Waals surface area contributed by atoms with Crippen LogP contribution in [0.3, 0.4) is 0 Å². The molecule has 0 bridgehead atoms. The Balaban J connectivity index is 0. The van der Waals surface area contributed by atoms with E-state index in [1.54, 1.807) is 0 Å². The molecule has 0 N–H and O–H groups in total. The van der Waals surface area contributed by atoms with E-state index in [0.29, 0.717) is 32.3 Å². The summed E-state index contributed by atoms with van der Waals surface area (Å²) in [5.74, 6) is 0. The quantitative estimate of drug-likeness (QED) is 0.326. The Bertz CT molecular complexity index is 189. The van der Waals surface area contributed by atoms with Crippen LogP contribution in [-0.4, -0.2) is 51.1 Å². The van der Waals surface area contributed by atoms with Gasteiger partial charge in [-0.3, -0.25) is 10.1 Å². The highest BCUT2D eigenvalue weighted by Crippen LogP contribution is 2.17. The molecule has 0 saturated carbocycles. The topological polar surface area (TPSA) is 70.8 Å². The summed E-state index contributed by atoms with van der Waals surface area (Å²) in [6.45, 7) is 7.05. The molecule has 0 aliphatic carbocycles. The lowest BCUT2D eigenvalue weighted by atomic mass is 10.5. The van der Waals surface area contributed by atoms with E-state index in [2.05, 4.69) is 0 Å². The Kier molecular flexibility index (Phi) is 12.2. The zero-order chi connectivity index (χ0) is 12.4. The summed E-state index contributed by atoms with van der Waals surface area (Å²) in [5.41, 5.74) is 0. The lowest BCUT2D eigenvalue weighted by Crippen LogP contribution is -2.46. The third kappa shape index (κ3) is 8.44. The SMILES string of the molecule is CCO[Si](CCC[N+](=O)[O-])(OCC)OCC.[SiH4]. The van der Waals surface area contributed by atoms with E-state index in [9.17, 15) is 10.1 Å². The van der Waals surface area contributed by atoms with Crippen LogP contribution >= 0.6 is 0 Å². The fraction of sp³-hybridized carbons (Fsp3) is 1.00. The van der Waals surface area contributed by atoms with Crippen molar-refractivity contribution in [3.8, 4) is 0 Å². The number of rotatable bonds is 10. The molecule has 0 amide bonds. The highest BCUT2D eigenvalue weighted by Gasteiger charge is 2.40. The van der Waals surface area contributed by atoms with Gasteiger partial charge in [-0.15, -0.1) is 0 Å². The van der Waals surface area contributed by atoms with Gasteiger partial charge in [0, 0.05) is 37.2 Å². The van der Waals surface area contributed by atoms with Crippen molar-refractivity contribution in [2.75, 3.05) is 26.4 Å². The van der Waals surface area contributed by atoms with Gasteiger partial charge in [0.25, 0.3) is 0 Å². The molecular formula is C9H25NO5Si2. The van der Waals surface area contributed by atoms with Crippen molar-refractivity contribution >= 4 is 19.8 Å². The van der Waals surface area contributed by atoms with Crippen LogP contribution in [-0.2, 0) is 13.3 Å². The van der Waals surface area contributed by atoms with Crippen molar-refractivity contribution in [3.05, 3.63) is 10.1 Å². The molecule has 0 aromatic heterocycles. The molecule has 0 spiro atoms. The predicted octanol–water partition coefficient (Wildman–Crippen LogP) is 0.250. The summed E-state index contributed by atoms with van der Waals surface area (Å²) in [5, 5.41) is 10.3. The maximum atomic E-state index is 10.3. The Morgan fingerprint density at radius 1 is 1.06 bits per heavy atom. The van der Waals surface area contributed by atoms with Crippen molar-refractivity contribution in [2.45, 2.75) is 33.2 Å². The minimum absolute atomic E-state index is 0. The van der Waals surface area contributed by atoms with Crippen LogP contribution in [0, 0.1) is 10.1 Å². The third-order valence-electron chi connectivity index (χ3n) is 1.92. The molecule has 0 aliphatic rings. The largest absolute Gasteiger partial charge is 0.501 e. The van der Waals surface area contributed by atoms with Gasteiger partial charge in [-0.2, -0.15) is 0 Å². The third-order valence-corrected chi connectivity index (χ3v) is 5.07. The summed E-state index contributed by atoms with van der Waals surface area (Å²) < 4.78 is 16.7. The molecule has 0 unspecified atom stereocenters. The first kappa shape index (κ1) is 19.1. The Labute approximate surface area is 108 Å². The smallest absolute Gasteiger partial charge is 0.374 e. The van der Waals surface area contributed by atoms with E-state index in [1.165, 1.54) is 0 Å². The first-order valence-corrected chi connectivity index (χ1v) is 7.57. The molecule has 0 atom stereocenters. The number of nitro groups is 1. The number of hydrogen-bond donors (Lipinski definition) is 0. The summed E-state index contributed by atoms with van der Waals surface area (Å²) in [7, 11) is -2.67. The molecule has 0 rings (SSSR count). The van der Waals surface area contributed by atoms with Crippen LogP contribution < -0.4 is 0 Å². The van der Waals surface area contributed by atoms with Crippen LogP contribution in [0.15, 0.2) is 0 Å². The number of hydrogen-bond acceptors (Lipinski definition) is 5. The minimum atomic E-state index is -2.67. The van der Waals surface area contributed by atoms with Crippen LogP contribution in [0.2, 0.25) is 6.04 Å². The van der Waals surface area contributed by atoms with Gasteiger partial charge in [0.15, 0.2) is 0 Å². The highest BCUT2D eigenvalue weighted by molar-refractivity contribution is 6.60. The number of nitrogens with zero attached hydrogens (tertiary/aromatic N) is 1. The second-order valence-electron chi connectivity index (χ2n) is 3.14. The standard InChI is InChI=1S/C9H21NO5Si.H4Si/c1-4-13-16(14-5-2,15-6-3)9-7-8-10(11)12;/h4-9H2,1-3H3;1H4. The van der Waals surface area contributed by atoms with Gasteiger partial charge >= 0.3 is 8.80 Å². The van der Waals surface area contributed by atoms with Crippen LogP contribution in [0.4, 0.5) is 0 Å². The first-order valence-electron chi connectivity index (χ1n) is 5.63. The molecule has 17 heavy (non-hydrogen) atoms. The van der Waals surface area contributed by atoms with Gasteiger partial charge in [-0.25, -0.2) is 0 Å². The molecule has 0 radical (unpaired) electrons. The lowest BCUT2D eigenvalue weighted by Gasteiger charge is -2.27. The van der Waals surface area contributed by atoms with Gasteiger partial charge in [-0.1, -0.05) is 0 Å². The van der Waals surface area contributed by atoms with E-state index < -0.39 is 8.80 Å². The summed E-state index contributed by atoms with van der Waals surface area (Å²) in [6.07, 6.45) is 0.430. The first-order chi connectivity index (χ1) is 7.60. The van der Waals surface area contributed by atoms with E-state index in [1.807, 2.05) is 20.8 Å². The second-order valence-corrected chi connectivity index (χ2v) is 5.87. The zero-order valence-corrected chi connectivity index (χ0v) is 11.2. The van der Waals surface area contributed by atoms with Crippen LogP contribution in [0.1, 0.15) is 27.2 Å².